The van der Waals surface area contributed by atoms with Crippen LogP contribution in [0.5, 0.6) is 0 Å². The van der Waals surface area contributed by atoms with E-state index in [0.29, 0.717) is 5.03 Å². The summed E-state index contributed by atoms with van der Waals surface area (Å²) in [6, 6.07) is 6.19. The van der Waals surface area contributed by atoms with Crippen molar-refractivity contribution >= 4 is 45.1 Å². The molecule has 0 bridgehead atoms. The highest BCUT2D eigenvalue weighted by atomic mass is 32.2. The van der Waals surface area contributed by atoms with Crippen LogP contribution in [0.15, 0.2) is 41.0 Å². The summed E-state index contributed by atoms with van der Waals surface area (Å²) in [5.41, 5.74) is 6.29. The lowest BCUT2D eigenvalue weighted by molar-refractivity contribution is -0.126. The Bertz CT molecular complexity index is 928. The van der Waals surface area contributed by atoms with Gasteiger partial charge in [0.05, 0.1) is 11.1 Å². The number of carbonyl (C=O) groups excluding carboxylic acids is 2. The molecule has 0 saturated heterocycles. The molecule has 0 unspecified atom stereocenters. The van der Waals surface area contributed by atoms with Crippen LogP contribution in [0.2, 0.25) is 0 Å². The molecule has 1 aromatic carbocycles. The first-order chi connectivity index (χ1) is 12.0. The average molecular weight is 376 g/mol. The van der Waals surface area contributed by atoms with Crippen LogP contribution >= 0.6 is 23.1 Å². The van der Waals surface area contributed by atoms with E-state index < -0.39 is 0 Å². The average Bonchev–Trinajstić information content (AvgIpc) is 3.03. The van der Waals surface area contributed by atoms with E-state index in [-0.39, 0.29) is 23.4 Å². The molecule has 3 rings (SSSR count). The molecule has 2 amide bonds. The van der Waals surface area contributed by atoms with Crippen molar-refractivity contribution in [2.45, 2.75) is 11.9 Å². The number of carbonyl (C=O) groups is 2. The van der Waals surface area contributed by atoms with Crippen molar-refractivity contribution in [2.24, 2.45) is 0 Å². The number of aromatic nitrogens is 2. The molecule has 6 nitrogen and oxygen atoms in total. The Kier molecular flexibility index (Phi) is 5.25. The van der Waals surface area contributed by atoms with E-state index in [1.807, 2.05) is 5.38 Å². The maximum Gasteiger partial charge on any atom is 0.248 e. The van der Waals surface area contributed by atoms with E-state index >= 15 is 0 Å². The van der Waals surface area contributed by atoms with E-state index in [1.165, 1.54) is 48.5 Å². The normalized spacial score (nSPS) is 10.6. The van der Waals surface area contributed by atoms with Crippen LogP contribution in [0.3, 0.4) is 0 Å². The highest BCUT2D eigenvalue weighted by Crippen LogP contribution is 2.37. The highest BCUT2D eigenvalue weighted by molar-refractivity contribution is 8.00. The maximum atomic E-state index is 13.2. The van der Waals surface area contributed by atoms with E-state index in [0.717, 1.165) is 21.3 Å². The SMILES string of the molecule is CC(=O)NNC(=O)CSc1ncnc2scc(-c3ccc(F)cc3)c12. The summed E-state index contributed by atoms with van der Waals surface area (Å²) in [6.45, 7) is 1.31. The summed E-state index contributed by atoms with van der Waals surface area (Å²) in [6.07, 6.45) is 1.45. The minimum Gasteiger partial charge on any atom is -0.274 e. The van der Waals surface area contributed by atoms with Gasteiger partial charge >= 0.3 is 0 Å². The lowest BCUT2D eigenvalue weighted by atomic mass is 10.1. The number of hydrazine groups is 1. The zero-order valence-corrected chi connectivity index (χ0v) is 14.7. The third kappa shape index (κ3) is 4.12. The summed E-state index contributed by atoms with van der Waals surface area (Å²) in [4.78, 5) is 31.9. The number of hydrogen-bond donors (Lipinski definition) is 2. The molecule has 0 atom stereocenters. The molecule has 0 aliphatic carbocycles. The smallest absolute Gasteiger partial charge is 0.248 e. The van der Waals surface area contributed by atoms with Crippen molar-refractivity contribution < 1.29 is 14.0 Å². The number of thiophene rings is 1. The monoisotopic (exact) mass is 376 g/mol. The van der Waals surface area contributed by atoms with Crippen molar-refractivity contribution in [3.8, 4) is 11.1 Å². The van der Waals surface area contributed by atoms with Crippen LogP contribution in [-0.2, 0) is 9.59 Å². The topological polar surface area (TPSA) is 84.0 Å². The molecule has 0 spiro atoms. The van der Waals surface area contributed by atoms with Gasteiger partial charge in [0, 0.05) is 17.9 Å². The minimum absolute atomic E-state index is 0.0884. The predicted molar refractivity (Wildman–Crippen MR) is 95.5 cm³/mol. The number of thioether (sulfide) groups is 1. The Morgan fingerprint density at radius 1 is 1.20 bits per heavy atom. The molecule has 9 heteroatoms. The van der Waals surface area contributed by atoms with Gasteiger partial charge in [-0.2, -0.15) is 0 Å². The van der Waals surface area contributed by atoms with Crippen LogP contribution in [0.1, 0.15) is 6.92 Å². The number of hydrogen-bond acceptors (Lipinski definition) is 6. The Hall–Kier alpha value is -2.52. The second-order valence-electron chi connectivity index (χ2n) is 5.03. The Morgan fingerprint density at radius 3 is 2.68 bits per heavy atom. The third-order valence-electron chi connectivity index (χ3n) is 3.21. The Labute approximate surface area is 150 Å². The fourth-order valence-corrected chi connectivity index (χ4v) is 3.92. The fourth-order valence-electron chi connectivity index (χ4n) is 2.13. The first-order valence-corrected chi connectivity index (χ1v) is 9.07. The molecule has 0 radical (unpaired) electrons. The van der Waals surface area contributed by atoms with Crippen LogP contribution in [0.4, 0.5) is 4.39 Å². The molecule has 2 aromatic heterocycles. The number of halogens is 1. The zero-order chi connectivity index (χ0) is 17.8. The number of fused-ring (bicyclic) bond motifs is 1. The predicted octanol–water partition coefficient (Wildman–Crippen LogP) is 2.76. The molecule has 2 heterocycles. The quantitative estimate of drug-likeness (QED) is 0.416. The van der Waals surface area contributed by atoms with Crippen molar-refractivity contribution in [2.75, 3.05) is 5.75 Å². The number of nitrogens with zero attached hydrogens (tertiary/aromatic N) is 2. The summed E-state index contributed by atoms with van der Waals surface area (Å²) in [5, 5.41) is 3.42. The molecule has 2 N–H and O–H groups in total. The van der Waals surface area contributed by atoms with Gasteiger partial charge in [0.15, 0.2) is 0 Å². The van der Waals surface area contributed by atoms with Crippen LogP contribution in [-0.4, -0.2) is 27.5 Å². The fraction of sp³-hybridized carbons (Fsp3) is 0.125. The first kappa shape index (κ1) is 17.3. The van der Waals surface area contributed by atoms with E-state index in [1.54, 1.807) is 12.1 Å². The Morgan fingerprint density at radius 2 is 1.96 bits per heavy atom. The van der Waals surface area contributed by atoms with Gasteiger partial charge in [-0.25, -0.2) is 14.4 Å². The van der Waals surface area contributed by atoms with Gasteiger partial charge in [0.25, 0.3) is 0 Å². The van der Waals surface area contributed by atoms with Gasteiger partial charge in [0.2, 0.25) is 11.8 Å². The first-order valence-electron chi connectivity index (χ1n) is 7.21. The number of amides is 2. The summed E-state index contributed by atoms with van der Waals surface area (Å²) in [5.74, 6) is -0.904. The van der Waals surface area contributed by atoms with Gasteiger partial charge in [-0.3, -0.25) is 20.4 Å². The summed E-state index contributed by atoms with van der Waals surface area (Å²) < 4.78 is 13.2. The zero-order valence-electron chi connectivity index (χ0n) is 13.1. The lowest BCUT2D eigenvalue weighted by Crippen LogP contribution is -2.41. The van der Waals surface area contributed by atoms with E-state index in [9.17, 15) is 14.0 Å². The van der Waals surface area contributed by atoms with Crippen molar-refractivity contribution in [3.05, 3.63) is 41.8 Å². The third-order valence-corrected chi connectivity index (χ3v) is 5.08. The lowest BCUT2D eigenvalue weighted by Gasteiger charge is -2.06. The minimum atomic E-state index is -0.348. The summed E-state index contributed by atoms with van der Waals surface area (Å²) >= 11 is 2.70. The van der Waals surface area contributed by atoms with Crippen molar-refractivity contribution in [1.29, 1.82) is 0 Å². The van der Waals surface area contributed by atoms with Crippen LogP contribution < -0.4 is 10.9 Å². The standard InChI is InChI=1S/C16H13FN4O2S2/c1-9(22)20-21-13(23)7-25-16-14-12(6-24-15(14)18-8-19-16)10-2-4-11(17)5-3-10/h2-6,8H,7H2,1H3,(H,20,22)(H,21,23). The van der Waals surface area contributed by atoms with E-state index in [4.69, 9.17) is 0 Å². The maximum absolute atomic E-state index is 13.2. The molecular formula is C16H13FN4O2S2. The number of rotatable bonds is 4. The molecule has 0 aliphatic heterocycles. The van der Waals surface area contributed by atoms with Crippen LogP contribution in [0, 0.1) is 5.82 Å². The molecule has 0 fully saturated rings. The van der Waals surface area contributed by atoms with Gasteiger partial charge < -0.3 is 0 Å². The second kappa shape index (κ2) is 7.58. The van der Waals surface area contributed by atoms with Crippen molar-refractivity contribution in [1.82, 2.24) is 20.8 Å². The highest BCUT2D eigenvalue weighted by Gasteiger charge is 2.15. The van der Waals surface area contributed by atoms with Crippen LogP contribution in [0.25, 0.3) is 21.3 Å². The second-order valence-corrected chi connectivity index (χ2v) is 6.86. The van der Waals surface area contributed by atoms with Gasteiger partial charge in [-0.05, 0) is 17.7 Å². The Balaban J connectivity index is 1.86. The summed E-state index contributed by atoms with van der Waals surface area (Å²) in [7, 11) is 0. The van der Waals surface area contributed by atoms with Crippen molar-refractivity contribution in [3.63, 3.8) is 0 Å². The molecule has 3 aromatic rings. The molecule has 0 aliphatic rings. The molecule has 25 heavy (non-hydrogen) atoms. The van der Waals surface area contributed by atoms with E-state index in [2.05, 4.69) is 20.8 Å². The molecular weight excluding hydrogens is 363 g/mol. The molecule has 0 saturated carbocycles. The number of nitrogens with one attached hydrogen (secondary N) is 2. The van der Waals surface area contributed by atoms with Gasteiger partial charge in [-0.15, -0.1) is 11.3 Å². The molecule has 128 valence electrons. The number of benzene rings is 1. The van der Waals surface area contributed by atoms with Gasteiger partial charge in [-0.1, -0.05) is 23.9 Å². The van der Waals surface area contributed by atoms with Gasteiger partial charge in [0.1, 0.15) is 22.0 Å². The largest absolute Gasteiger partial charge is 0.274 e.